The molecule has 1 fully saturated rings. The Hall–Kier alpha value is -3.14. The number of aromatic amines is 1. The van der Waals surface area contributed by atoms with E-state index < -0.39 is 23.6 Å². The monoisotopic (exact) mass is 574 g/mol. The van der Waals surface area contributed by atoms with E-state index in [0.717, 1.165) is 21.8 Å². The molecule has 2 aromatic carbocycles. The van der Waals surface area contributed by atoms with Gasteiger partial charge in [-0.15, -0.1) is 0 Å². The fourth-order valence-corrected chi connectivity index (χ4v) is 4.75. The molecule has 4 rings (SSSR count). The second-order valence-corrected chi connectivity index (χ2v) is 11.1. The van der Waals surface area contributed by atoms with Crippen LogP contribution in [0.3, 0.4) is 0 Å². The number of aromatic nitrogens is 2. The number of carbonyl (C=O) groups excluding carboxylic acids is 2. The molecule has 1 N–H and O–H groups in total. The van der Waals surface area contributed by atoms with Gasteiger partial charge < -0.3 is 14.4 Å². The minimum Gasteiger partial charge on any atom is -0.493 e. The molecule has 1 saturated heterocycles. The zero-order valence-corrected chi connectivity index (χ0v) is 23.1. The number of fused-ring (bicyclic) bond motifs is 1. The maximum atomic E-state index is 14.9. The lowest BCUT2D eigenvalue weighted by Crippen LogP contribution is -2.48. The van der Waals surface area contributed by atoms with E-state index in [9.17, 15) is 14.0 Å². The topological polar surface area (TPSA) is 87.8 Å². The highest BCUT2D eigenvalue weighted by Crippen LogP contribution is 2.31. The maximum Gasteiger partial charge on any atom is 0.410 e. The Labute approximate surface area is 224 Å². The third-order valence-electron chi connectivity index (χ3n) is 6.17. The van der Waals surface area contributed by atoms with Gasteiger partial charge in [0.25, 0.3) is 0 Å². The first-order valence-electron chi connectivity index (χ1n) is 12.3. The Balaban J connectivity index is 1.29. The van der Waals surface area contributed by atoms with Crippen molar-refractivity contribution in [3.8, 4) is 17.0 Å². The van der Waals surface area contributed by atoms with Crippen LogP contribution in [0.5, 0.6) is 5.75 Å². The van der Waals surface area contributed by atoms with Gasteiger partial charge in [0, 0.05) is 41.6 Å². The fourth-order valence-electron chi connectivity index (χ4n) is 4.39. The third-order valence-corrected chi connectivity index (χ3v) is 6.66. The van der Waals surface area contributed by atoms with Gasteiger partial charge in [-0.2, -0.15) is 5.10 Å². The summed E-state index contributed by atoms with van der Waals surface area (Å²) in [4.78, 5) is 28.6. The van der Waals surface area contributed by atoms with Crippen LogP contribution in [0.4, 0.5) is 9.18 Å². The molecule has 1 atom stereocenters. The Morgan fingerprint density at radius 1 is 1.24 bits per heavy atom. The van der Waals surface area contributed by atoms with E-state index in [2.05, 4.69) is 26.1 Å². The predicted molar refractivity (Wildman–Crippen MR) is 143 cm³/mol. The summed E-state index contributed by atoms with van der Waals surface area (Å²) in [7, 11) is 1.72. The SMILES string of the molecule is CN(CCCOc1ccc(-c2n[nH]c3cc(Br)ccc23)c(F)c1)C(=O)[C@H]1CCCN1C(=O)OC(C)(C)C. The largest absolute Gasteiger partial charge is 0.493 e. The molecule has 0 radical (unpaired) electrons. The normalized spacial score (nSPS) is 15.7. The van der Waals surface area contributed by atoms with E-state index in [0.29, 0.717) is 49.5 Å². The molecule has 1 aliphatic rings. The summed E-state index contributed by atoms with van der Waals surface area (Å²) >= 11 is 3.42. The third kappa shape index (κ3) is 6.41. The number of likely N-dealkylation sites (tertiary alicyclic amines) is 1. The van der Waals surface area contributed by atoms with Crippen molar-refractivity contribution in [2.75, 3.05) is 26.7 Å². The lowest BCUT2D eigenvalue weighted by Gasteiger charge is -2.30. The van der Waals surface area contributed by atoms with Crippen molar-refractivity contribution in [2.45, 2.75) is 51.7 Å². The highest BCUT2D eigenvalue weighted by Gasteiger charge is 2.37. The molecule has 0 saturated carbocycles. The Morgan fingerprint density at radius 3 is 2.76 bits per heavy atom. The fraction of sp³-hybridized carbons (Fsp3) is 0.444. The lowest BCUT2D eigenvalue weighted by molar-refractivity contribution is -0.134. The lowest BCUT2D eigenvalue weighted by atomic mass is 10.1. The van der Waals surface area contributed by atoms with Crippen molar-refractivity contribution < 1.29 is 23.5 Å². The van der Waals surface area contributed by atoms with Crippen molar-refractivity contribution >= 4 is 38.8 Å². The van der Waals surface area contributed by atoms with Gasteiger partial charge in [0.05, 0.1) is 12.1 Å². The molecule has 0 spiro atoms. The standard InChI is InChI=1S/C27H32BrFN4O4/c1-27(2,3)37-26(35)33-13-5-7-23(33)25(34)32(4)12-6-14-36-18-9-11-19(21(29)16-18)24-20-10-8-17(28)15-22(20)30-31-24/h8-11,15-16,23H,5-7,12-14H2,1-4H3,(H,30,31)/t23-/m1/s1. The van der Waals surface area contributed by atoms with Gasteiger partial charge in [0.15, 0.2) is 0 Å². The first-order valence-corrected chi connectivity index (χ1v) is 13.1. The van der Waals surface area contributed by atoms with Crippen LogP contribution in [0.1, 0.15) is 40.0 Å². The molecule has 8 nitrogen and oxygen atoms in total. The average Bonchev–Trinajstić information content (AvgIpc) is 3.47. The molecule has 2 heterocycles. The number of ether oxygens (including phenoxy) is 2. The van der Waals surface area contributed by atoms with E-state index in [1.54, 1.807) is 24.1 Å². The molecule has 1 aliphatic heterocycles. The summed E-state index contributed by atoms with van der Waals surface area (Å²) in [6.07, 6.45) is 1.48. The number of amides is 2. The van der Waals surface area contributed by atoms with Gasteiger partial charge in [-0.05, 0) is 70.4 Å². The van der Waals surface area contributed by atoms with Crippen LogP contribution in [0.25, 0.3) is 22.2 Å². The van der Waals surface area contributed by atoms with E-state index >= 15 is 0 Å². The molecule has 0 bridgehead atoms. The molecular formula is C27H32BrFN4O4. The summed E-state index contributed by atoms with van der Waals surface area (Å²) < 4.78 is 27.0. The van der Waals surface area contributed by atoms with Crippen LogP contribution in [0, 0.1) is 5.82 Å². The van der Waals surface area contributed by atoms with E-state index in [1.165, 1.54) is 11.0 Å². The maximum absolute atomic E-state index is 14.9. The van der Waals surface area contributed by atoms with Crippen LogP contribution in [-0.2, 0) is 9.53 Å². The van der Waals surface area contributed by atoms with Crippen molar-refractivity contribution in [3.63, 3.8) is 0 Å². The van der Waals surface area contributed by atoms with Crippen LogP contribution >= 0.6 is 15.9 Å². The number of hydrogen-bond acceptors (Lipinski definition) is 5. The van der Waals surface area contributed by atoms with Crippen LogP contribution in [0.2, 0.25) is 0 Å². The Morgan fingerprint density at radius 2 is 2.03 bits per heavy atom. The van der Waals surface area contributed by atoms with Crippen LogP contribution in [-0.4, -0.2) is 70.4 Å². The summed E-state index contributed by atoms with van der Waals surface area (Å²) in [6.45, 7) is 6.70. The molecule has 1 aromatic heterocycles. The molecule has 37 heavy (non-hydrogen) atoms. The second kappa shape index (κ2) is 11.1. The highest BCUT2D eigenvalue weighted by molar-refractivity contribution is 9.10. The molecule has 10 heteroatoms. The van der Waals surface area contributed by atoms with Gasteiger partial charge in [0.2, 0.25) is 5.91 Å². The van der Waals surface area contributed by atoms with E-state index in [-0.39, 0.29) is 5.91 Å². The zero-order chi connectivity index (χ0) is 26.7. The minimum absolute atomic E-state index is 0.114. The van der Waals surface area contributed by atoms with Crippen molar-refractivity contribution in [1.29, 1.82) is 0 Å². The zero-order valence-electron chi connectivity index (χ0n) is 21.5. The van der Waals surface area contributed by atoms with Crippen molar-refractivity contribution in [2.24, 2.45) is 0 Å². The molecular weight excluding hydrogens is 543 g/mol. The average molecular weight is 575 g/mol. The van der Waals surface area contributed by atoms with Gasteiger partial charge in [0.1, 0.15) is 28.9 Å². The van der Waals surface area contributed by atoms with Crippen molar-refractivity contribution in [3.05, 3.63) is 46.7 Å². The number of halogens is 2. The minimum atomic E-state index is -0.614. The van der Waals surface area contributed by atoms with E-state index in [4.69, 9.17) is 9.47 Å². The second-order valence-electron chi connectivity index (χ2n) is 10.2. The first kappa shape index (κ1) is 26.9. The number of hydrogen-bond donors (Lipinski definition) is 1. The quantitative estimate of drug-likeness (QED) is 0.362. The van der Waals surface area contributed by atoms with Crippen LogP contribution in [0.15, 0.2) is 40.9 Å². The number of nitrogens with zero attached hydrogens (tertiary/aromatic N) is 3. The molecule has 3 aromatic rings. The Bertz CT molecular complexity index is 1290. The summed E-state index contributed by atoms with van der Waals surface area (Å²) in [5.74, 6) is -0.133. The smallest absolute Gasteiger partial charge is 0.410 e. The Kier molecular flexibility index (Phi) is 8.06. The number of likely N-dealkylation sites (N-methyl/N-ethyl adjacent to an activating group) is 1. The highest BCUT2D eigenvalue weighted by atomic mass is 79.9. The number of carbonyl (C=O) groups is 2. The van der Waals surface area contributed by atoms with E-state index in [1.807, 2.05) is 39.0 Å². The molecule has 0 unspecified atom stereocenters. The van der Waals surface area contributed by atoms with Gasteiger partial charge in [-0.25, -0.2) is 9.18 Å². The number of rotatable bonds is 7. The summed E-state index contributed by atoms with van der Waals surface area (Å²) in [6, 6.07) is 9.87. The summed E-state index contributed by atoms with van der Waals surface area (Å²) in [5, 5.41) is 8.04. The molecule has 0 aliphatic carbocycles. The number of H-pyrrole nitrogens is 1. The number of nitrogens with one attached hydrogen (secondary N) is 1. The predicted octanol–water partition coefficient (Wildman–Crippen LogP) is 5.76. The van der Waals surface area contributed by atoms with Gasteiger partial charge in [-0.3, -0.25) is 14.8 Å². The van der Waals surface area contributed by atoms with Crippen molar-refractivity contribution in [1.82, 2.24) is 20.0 Å². The van der Waals surface area contributed by atoms with Crippen LogP contribution < -0.4 is 4.74 Å². The molecule has 2 amide bonds. The van der Waals surface area contributed by atoms with Gasteiger partial charge >= 0.3 is 6.09 Å². The number of benzene rings is 2. The first-order chi connectivity index (χ1) is 17.5. The summed E-state index contributed by atoms with van der Waals surface area (Å²) in [5.41, 5.74) is 1.13. The van der Waals surface area contributed by atoms with Gasteiger partial charge in [-0.1, -0.05) is 15.9 Å². The molecule has 198 valence electrons.